The van der Waals surface area contributed by atoms with Gasteiger partial charge in [0.1, 0.15) is 11.6 Å². The number of aromatic nitrogens is 3. The topological polar surface area (TPSA) is 80.3 Å². The second-order valence-electron chi connectivity index (χ2n) is 6.25. The molecule has 0 unspecified atom stereocenters. The van der Waals surface area contributed by atoms with Gasteiger partial charge < -0.3 is 14.4 Å². The molecule has 1 aromatic heterocycles. The van der Waals surface area contributed by atoms with Gasteiger partial charge in [-0.25, -0.2) is 4.98 Å². The number of rotatable bonds is 6. The van der Waals surface area contributed by atoms with Crippen LogP contribution in [0.4, 0.5) is 0 Å². The van der Waals surface area contributed by atoms with Gasteiger partial charge in [-0.05, 0) is 25.0 Å². The van der Waals surface area contributed by atoms with Crippen LogP contribution in [0.1, 0.15) is 36.1 Å². The van der Waals surface area contributed by atoms with E-state index >= 15 is 0 Å². The molecule has 0 aliphatic carbocycles. The van der Waals surface area contributed by atoms with Gasteiger partial charge in [-0.1, -0.05) is 18.2 Å². The summed E-state index contributed by atoms with van der Waals surface area (Å²) >= 11 is 0. The normalized spacial score (nSPS) is 20.0. The maximum absolute atomic E-state index is 12.8. The SMILES string of the molecule is COc1ccccc1CCC(=O)N1C[C@H](OC)C[C@H]1c1n[nH]c(C)n1. The number of hydrogen-bond acceptors (Lipinski definition) is 5. The first-order chi connectivity index (χ1) is 12.1. The summed E-state index contributed by atoms with van der Waals surface area (Å²) in [7, 11) is 3.32. The number of carbonyl (C=O) groups is 1. The van der Waals surface area contributed by atoms with Crippen LogP contribution in [0, 0.1) is 6.92 Å². The van der Waals surface area contributed by atoms with Gasteiger partial charge in [0.05, 0.1) is 19.3 Å². The fourth-order valence-corrected chi connectivity index (χ4v) is 3.29. The van der Waals surface area contributed by atoms with Gasteiger partial charge >= 0.3 is 0 Å². The average molecular weight is 344 g/mol. The summed E-state index contributed by atoms with van der Waals surface area (Å²) in [4.78, 5) is 19.1. The van der Waals surface area contributed by atoms with Crippen LogP contribution >= 0.6 is 0 Å². The Balaban J connectivity index is 1.70. The number of ether oxygens (including phenoxy) is 2. The highest BCUT2D eigenvalue weighted by Crippen LogP contribution is 2.32. The Labute approximate surface area is 147 Å². The van der Waals surface area contributed by atoms with E-state index in [1.807, 2.05) is 36.1 Å². The van der Waals surface area contributed by atoms with Crippen molar-refractivity contribution in [1.29, 1.82) is 0 Å². The Morgan fingerprint density at radius 3 is 2.84 bits per heavy atom. The minimum atomic E-state index is -0.139. The predicted octanol–water partition coefficient (Wildman–Crippen LogP) is 2.04. The van der Waals surface area contributed by atoms with Crippen molar-refractivity contribution in [2.45, 2.75) is 38.3 Å². The third-order valence-electron chi connectivity index (χ3n) is 4.63. The molecule has 0 radical (unpaired) electrons. The van der Waals surface area contributed by atoms with Crippen molar-refractivity contribution in [2.24, 2.45) is 0 Å². The van der Waals surface area contributed by atoms with Crippen LogP contribution in [0.5, 0.6) is 5.75 Å². The Hall–Kier alpha value is -2.41. The minimum absolute atomic E-state index is 0.0130. The molecule has 3 rings (SSSR count). The molecule has 2 atom stereocenters. The average Bonchev–Trinajstić information content (AvgIpc) is 3.25. The summed E-state index contributed by atoms with van der Waals surface area (Å²) in [5.74, 6) is 2.30. The van der Waals surface area contributed by atoms with Crippen molar-refractivity contribution in [3.05, 3.63) is 41.5 Å². The highest BCUT2D eigenvalue weighted by Gasteiger charge is 2.38. The van der Waals surface area contributed by atoms with E-state index in [0.717, 1.165) is 17.1 Å². The van der Waals surface area contributed by atoms with Crippen LogP contribution in [0.2, 0.25) is 0 Å². The quantitative estimate of drug-likeness (QED) is 0.867. The fraction of sp³-hybridized carbons (Fsp3) is 0.500. The van der Waals surface area contributed by atoms with Crippen molar-refractivity contribution >= 4 is 5.91 Å². The number of nitrogens with one attached hydrogen (secondary N) is 1. The van der Waals surface area contributed by atoms with Crippen LogP contribution in [0.15, 0.2) is 24.3 Å². The van der Waals surface area contributed by atoms with Gasteiger partial charge in [-0.3, -0.25) is 9.89 Å². The van der Waals surface area contributed by atoms with Crippen molar-refractivity contribution < 1.29 is 14.3 Å². The lowest BCUT2D eigenvalue weighted by atomic mass is 10.1. The molecule has 1 aliphatic rings. The van der Waals surface area contributed by atoms with E-state index in [-0.39, 0.29) is 18.1 Å². The lowest BCUT2D eigenvalue weighted by molar-refractivity contribution is -0.132. The van der Waals surface area contributed by atoms with Crippen molar-refractivity contribution in [3.8, 4) is 5.75 Å². The zero-order valence-electron chi connectivity index (χ0n) is 14.9. The van der Waals surface area contributed by atoms with E-state index < -0.39 is 0 Å². The van der Waals surface area contributed by atoms with Crippen LogP contribution in [0.3, 0.4) is 0 Å². The number of nitrogens with zero attached hydrogens (tertiary/aromatic N) is 3. The highest BCUT2D eigenvalue weighted by atomic mass is 16.5. The van der Waals surface area contributed by atoms with Gasteiger partial charge in [0, 0.05) is 26.5 Å². The third kappa shape index (κ3) is 3.82. The molecule has 1 amide bonds. The molecule has 1 aliphatic heterocycles. The van der Waals surface area contributed by atoms with E-state index in [2.05, 4.69) is 15.2 Å². The molecule has 1 aromatic carbocycles. The third-order valence-corrected chi connectivity index (χ3v) is 4.63. The molecule has 2 aromatic rings. The maximum atomic E-state index is 12.8. The number of para-hydroxylation sites is 1. The molecule has 1 fully saturated rings. The van der Waals surface area contributed by atoms with E-state index in [4.69, 9.17) is 9.47 Å². The van der Waals surface area contributed by atoms with E-state index in [1.54, 1.807) is 14.2 Å². The Bertz CT molecular complexity index is 731. The first kappa shape index (κ1) is 17.4. The lowest BCUT2D eigenvalue weighted by Crippen LogP contribution is -2.32. The van der Waals surface area contributed by atoms with Crippen molar-refractivity contribution in [1.82, 2.24) is 20.1 Å². The monoisotopic (exact) mass is 344 g/mol. The predicted molar refractivity (Wildman–Crippen MR) is 92.3 cm³/mol. The number of methoxy groups -OCH3 is 2. The largest absolute Gasteiger partial charge is 0.496 e. The molecule has 1 N–H and O–H groups in total. The Morgan fingerprint density at radius 1 is 1.36 bits per heavy atom. The van der Waals surface area contributed by atoms with Crippen LogP contribution in [-0.4, -0.2) is 52.9 Å². The first-order valence-corrected chi connectivity index (χ1v) is 8.45. The molecule has 0 bridgehead atoms. The molecule has 7 heteroatoms. The number of H-pyrrole nitrogens is 1. The molecule has 7 nitrogen and oxygen atoms in total. The molecule has 0 spiro atoms. The zero-order valence-corrected chi connectivity index (χ0v) is 14.9. The number of amides is 1. The summed E-state index contributed by atoms with van der Waals surface area (Å²) in [5.41, 5.74) is 1.03. The molecule has 2 heterocycles. The summed E-state index contributed by atoms with van der Waals surface area (Å²) in [6.07, 6.45) is 1.78. The van der Waals surface area contributed by atoms with Gasteiger partial charge in [-0.15, -0.1) is 0 Å². The number of aromatic amines is 1. The van der Waals surface area contributed by atoms with Crippen LogP contribution < -0.4 is 4.74 Å². The lowest BCUT2D eigenvalue weighted by Gasteiger charge is -2.22. The van der Waals surface area contributed by atoms with E-state index in [0.29, 0.717) is 31.6 Å². The van der Waals surface area contributed by atoms with Gasteiger partial charge in [-0.2, -0.15) is 5.10 Å². The molecular weight excluding hydrogens is 320 g/mol. The maximum Gasteiger partial charge on any atom is 0.223 e. The number of aryl methyl sites for hydroxylation is 2. The number of likely N-dealkylation sites (tertiary alicyclic amines) is 1. The molecule has 0 saturated carbocycles. The van der Waals surface area contributed by atoms with Crippen molar-refractivity contribution in [2.75, 3.05) is 20.8 Å². The molecule has 134 valence electrons. The summed E-state index contributed by atoms with van der Waals surface area (Å²) in [6.45, 7) is 2.42. The first-order valence-electron chi connectivity index (χ1n) is 8.45. The minimum Gasteiger partial charge on any atom is -0.496 e. The van der Waals surface area contributed by atoms with Crippen LogP contribution in [-0.2, 0) is 16.0 Å². The van der Waals surface area contributed by atoms with Gasteiger partial charge in [0.15, 0.2) is 5.82 Å². The standard InChI is InChI=1S/C18H24N4O3/c1-12-19-18(21-20-12)15-10-14(24-2)11-22(15)17(23)9-8-13-6-4-5-7-16(13)25-3/h4-7,14-15H,8-11H2,1-3H3,(H,19,20,21)/t14-,15+/m1/s1. The Kier molecular flexibility index (Phi) is 5.33. The second kappa shape index (κ2) is 7.65. The summed E-state index contributed by atoms with van der Waals surface area (Å²) in [5, 5.41) is 7.09. The highest BCUT2D eigenvalue weighted by molar-refractivity contribution is 5.77. The van der Waals surface area contributed by atoms with Crippen LogP contribution in [0.25, 0.3) is 0 Å². The fourth-order valence-electron chi connectivity index (χ4n) is 3.29. The molecule has 1 saturated heterocycles. The smallest absolute Gasteiger partial charge is 0.223 e. The van der Waals surface area contributed by atoms with Gasteiger partial charge in [0.25, 0.3) is 0 Å². The van der Waals surface area contributed by atoms with E-state index in [9.17, 15) is 4.79 Å². The molecular formula is C18H24N4O3. The number of benzene rings is 1. The summed E-state index contributed by atoms with van der Waals surface area (Å²) in [6, 6.07) is 7.65. The zero-order chi connectivity index (χ0) is 17.8. The van der Waals surface area contributed by atoms with Crippen molar-refractivity contribution in [3.63, 3.8) is 0 Å². The molecule has 25 heavy (non-hydrogen) atoms. The number of hydrogen-bond donors (Lipinski definition) is 1. The number of carbonyl (C=O) groups excluding carboxylic acids is 1. The van der Waals surface area contributed by atoms with Gasteiger partial charge in [0.2, 0.25) is 5.91 Å². The van der Waals surface area contributed by atoms with E-state index in [1.165, 1.54) is 0 Å². The second-order valence-corrected chi connectivity index (χ2v) is 6.25. The summed E-state index contributed by atoms with van der Waals surface area (Å²) < 4.78 is 10.8. The Morgan fingerprint density at radius 2 is 2.16 bits per heavy atom.